The van der Waals surface area contributed by atoms with Gasteiger partial charge < -0.3 is 14.6 Å². The van der Waals surface area contributed by atoms with Crippen molar-refractivity contribution in [1.29, 1.82) is 0 Å². The summed E-state index contributed by atoms with van der Waals surface area (Å²) >= 11 is 0. The summed E-state index contributed by atoms with van der Waals surface area (Å²) in [6.07, 6.45) is 4.38. The van der Waals surface area contributed by atoms with E-state index in [1.807, 2.05) is 26.8 Å². The molecule has 1 aromatic heterocycles. The zero-order valence-corrected chi connectivity index (χ0v) is 13.2. The molecule has 0 bridgehead atoms. The van der Waals surface area contributed by atoms with Gasteiger partial charge in [0.2, 0.25) is 0 Å². The molecule has 1 aromatic rings. The molecule has 0 saturated carbocycles. The molecule has 1 aliphatic rings. The van der Waals surface area contributed by atoms with Gasteiger partial charge >= 0.3 is 6.09 Å². The van der Waals surface area contributed by atoms with Crippen molar-refractivity contribution >= 4 is 6.09 Å². The average molecular weight is 292 g/mol. The molecule has 1 saturated heterocycles. The second-order valence-corrected chi connectivity index (χ2v) is 6.63. The van der Waals surface area contributed by atoms with Crippen molar-refractivity contribution in [2.75, 3.05) is 6.54 Å². The maximum atomic E-state index is 12.4. The van der Waals surface area contributed by atoms with Gasteiger partial charge in [0.15, 0.2) is 0 Å². The number of likely N-dealkylation sites (tertiary alicyclic amines) is 1. The third-order valence-corrected chi connectivity index (χ3v) is 3.63. The molecule has 1 fully saturated rings. The third kappa shape index (κ3) is 3.86. The van der Waals surface area contributed by atoms with Crippen LogP contribution in [0.4, 0.5) is 4.79 Å². The topological polar surface area (TPSA) is 62.4 Å². The number of H-pyrrole nitrogens is 1. The molecule has 1 aliphatic heterocycles. The first-order valence-electron chi connectivity index (χ1n) is 7.47. The fourth-order valence-electron chi connectivity index (χ4n) is 2.63. The van der Waals surface area contributed by atoms with E-state index < -0.39 is 5.60 Å². The van der Waals surface area contributed by atoms with Crippen LogP contribution in [0.1, 0.15) is 57.2 Å². The van der Waals surface area contributed by atoms with Crippen LogP contribution in [0.25, 0.3) is 0 Å². The van der Waals surface area contributed by atoms with Gasteiger partial charge in [-0.25, -0.2) is 4.79 Å². The number of piperidine rings is 1. The van der Waals surface area contributed by atoms with Gasteiger partial charge in [0, 0.05) is 18.3 Å². The molecule has 0 radical (unpaired) electrons. The average Bonchev–Trinajstić information content (AvgIpc) is 2.40. The molecule has 5 heteroatoms. The highest BCUT2D eigenvalue weighted by Crippen LogP contribution is 2.31. The second kappa shape index (κ2) is 5.92. The number of aromatic nitrogens is 1. The molecule has 0 spiro atoms. The molecule has 1 atom stereocenters. The van der Waals surface area contributed by atoms with E-state index in [-0.39, 0.29) is 17.7 Å². The highest BCUT2D eigenvalue weighted by molar-refractivity contribution is 5.69. The van der Waals surface area contributed by atoms with Crippen LogP contribution in [0.15, 0.2) is 17.1 Å². The number of aromatic amines is 1. The minimum atomic E-state index is -0.500. The Labute approximate surface area is 125 Å². The minimum absolute atomic E-state index is 0.0239. The van der Waals surface area contributed by atoms with Crippen LogP contribution in [0.3, 0.4) is 0 Å². The Kier molecular flexibility index (Phi) is 4.40. The minimum Gasteiger partial charge on any atom is -0.444 e. The molecule has 21 heavy (non-hydrogen) atoms. The number of nitrogens with one attached hydrogen (secondary N) is 1. The molecule has 0 aromatic carbocycles. The standard InChI is InChI=1S/C16H24N2O3/c1-11-9-12(10-17-14(11)19)13-7-5-6-8-18(13)15(20)21-16(2,3)4/h9-10,13H,5-8H2,1-4H3,(H,17,19)/t13-/m0/s1. The highest BCUT2D eigenvalue weighted by Gasteiger charge is 2.31. The molecular weight excluding hydrogens is 268 g/mol. The molecule has 2 rings (SSSR count). The summed E-state index contributed by atoms with van der Waals surface area (Å²) in [5.74, 6) is 0. The SMILES string of the molecule is Cc1cc([C@@H]2CCCCN2C(=O)OC(C)(C)C)c[nH]c1=O. The summed E-state index contributed by atoms with van der Waals surface area (Å²) in [6, 6.07) is 1.84. The first-order chi connectivity index (χ1) is 9.78. The van der Waals surface area contributed by atoms with E-state index in [1.54, 1.807) is 18.0 Å². The number of hydrogen-bond donors (Lipinski definition) is 1. The predicted octanol–water partition coefficient (Wildman–Crippen LogP) is 3.15. The van der Waals surface area contributed by atoms with Crippen molar-refractivity contribution in [1.82, 2.24) is 9.88 Å². The Morgan fingerprint density at radius 1 is 1.38 bits per heavy atom. The van der Waals surface area contributed by atoms with E-state index in [1.165, 1.54) is 0 Å². The quantitative estimate of drug-likeness (QED) is 0.865. The Morgan fingerprint density at radius 3 is 2.71 bits per heavy atom. The summed E-state index contributed by atoms with van der Waals surface area (Å²) in [7, 11) is 0. The van der Waals surface area contributed by atoms with Gasteiger partial charge in [-0.2, -0.15) is 0 Å². The number of hydrogen-bond acceptors (Lipinski definition) is 3. The van der Waals surface area contributed by atoms with Crippen LogP contribution in [0.2, 0.25) is 0 Å². The summed E-state index contributed by atoms with van der Waals surface area (Å²) in [6.45, 7) is 8.08. The summed E-state index contributed by atoms with van der Waals surface area (Å²) in [5.41, 5.74) is 1.05. The van der Waals surface area contributed by atoms with Gasteiger partial charge in [-0.05, 0) is 58.6 Å². The normalized spacial score (nSPS) is 19.4. The largest absolute Gasteiger partial charge is 0.444 e. The lowest BCUT2D eigenvalue weighted by Gasteiger charge is -2.37. The third-order valence-electron chi connectivity index (χ3n) is 3.63. The maximum Gasteiger partial charge on any atom is 0.410 e. The van der Waals surface area contributed by atoms with E-state index in [0.717, 1.165) is 24.8 Å². The van der Waals surface area contributed by atoms with E-state index in [4.69, 9.17) is 4.74 Å². The monoisotopic (exact) mass is 292 g/mol. The highest BCUT2D eigenvalue weighted by atomic mass is 16.6. The summed E-state index contributed by atoms with van der Waals surface area (Å²) in [5, 5.41) is 0. The number of amides is 1. The molecule has 0 aliphatic carbocycles. The number of carbonyl (C=O) groups excluding carboxylic acids is 1. The molecule has 0 unspecified atom stereocenters. The number of ether oxygens (including phenoxy) is 1. The number of aryl methyl sites for hydroxylation is 1. The van der Waals surface area contributed by atoms with Crippen LogP contribution in [0.5, 0.6) is 0 Å². The maximum absolute atomic E-state index is 12.4. The van der Waals surface area contributed by atoms with E-state index in [2.05, 4.69) is 4.98 Å². The van der Waals surface area contributed by atoms with Crippen molar-refractivity contribution in [2.45, 2.75) is 58.6 Å². The molecule has 2 heterocycles. The Hall–Kier alpha value is -1.78. The number of nitrogens with zero attached hydrogens (tertiary/aromatic N) is 1. The fourth-order valence-corrected chi connectivity index (χ4v) is 2.63. The number of rotatable bonds is 1. The van der Waals surface area contributed by atoms with E-state index in [0.29, 0.717) is 12.1 Å². The van der Waals surface area contributed by atoms with E-state index >= 15 is 0 Å². The van der Waals surface area contributed by atoms with Crippen molar-refractivity contribution in [3.05, 3.63) is 33.7 Å². The van der Waals surface area contributed by atoms with Crippen LogP contribution in [-0.4, -0.2) is 28.1 Å². The van der Waals surface area contributed by atoms with Crippen LogP contribution >= 0.6 is 0 Å². The Balaban J connectivity index is 2.24. The van der Waals surface area contributed by atoms with Gasteiger partial charge in [-0.3, -0.25) is 4.79 Å². The molecule has 1 N–H and O–H groups in total. The Morgan fingerprint density at radius 2 is 2.10 bits per heavy atom. The van der Waals surface area contributed by atoms with Gasteiger partial charge in [0.05, 0.1) is 6.04 Å². The van der Waals surface area contributed by atoms with Gasteiger partial charge in [-0.1, -0.05) is 0 Å². The smallest absolute Gasteiger partial charge is 0.410 e. The van der Waals surface area contributed by atoms with E-state index in [9.17, 15) is 9.59 Å². The van der Waals surface area contributed by atoms with Gasteiger partial charge in [0.1, 0.15) is 5.60 Å². The Bertz CT molecular complexity index is 572. The van der Waals surface area contributed by atoms with Crippen LogP contribution in [-0.2, 0) is 4.74 Å². The summed E-state index contributed by atoms with van der Waals surface area (Å²) in [4.78, 5) is 28.4. The number of carbonyl (C=O) groups is 1. The molecular formula is C16H24N2O3. The van der Waals surface area contributed by atoms with Crippen molar-refractivity contribution in [3.63, 3.8) is 0 Å². The molecule has 5 nitrogen and oxygen atoms in total. The molecule has 116 valence electrons. The second-order valence-electron chi connectivity index (χ2n) is 6.63. The first-order valence-corrected chi connectivity index (χ1v) is 7.47. The fraction of sp³-hybridized carbons (Fsp3) is 0.625. The summed E-state index contributed by atoms with van der Waals surface area (Å²) < 4.78 is 5.50. The number of pyridine rings is 1. The predicted molar refractivity (Wildman–Crippen MR) is 81.3 cm³/mol. The van der Waals surface area contributed by atoms with Gasteiger partial charge in [-0.15, -0.1) is 0 Å². The van der Waals surface area contributed by atoms with Crippen molar-refractivity contribution in [2.24, 2.45) is 0 Å². The lowest BCUT2D eigenvalue weighted by Crippen LogP contribution is -2.42. The van der Waals surface area contributed by atoms with Crippen molar-refractivity contribution in [3.8, 4) is 0 Å². The lowest BCUT2D eigenvalue weighted by molar-refractivity contribution is 0.00947. The zero-order chi connectivity index (χ0) is 15.6. The van der Waals surface area contributed by atoms with Crippen LogP contribution < -0.4 is 5.56 Å². The zero-order valence-electron chi connectivity index (χ0n) is 13.2. The van der Waals surface area contributed by atoms with Crippen LogP contribution in [0, 0.1) is 6.92 Å². The first kappa shape index (κ1) is 15.6. The van der Waals surface area contributed by atoms with Gasteiger partial charge in [0.25, 0.3) is 5.56 Å². The molecule has 1 amide bonds. The van der Waals surface area contributed by atoms with Crippen molar-refractivity contribution < 1.29 is 9.53 Å². The lowest BCUT2D eigenvalue weighted by atomic mass is 9.96.